The number of carbonyl (C=O) groups is 2. The highest BCUT2D eigenvalue weighted by molar-refractivity contribution is 5.82. The summed E-state index contributed by atoms with van der Waals surface area (Å²) in [5, 5.41) is 3.02. The van der Waals surface area contributed by atoms with Gasteiger partial charge in [0.15, 0.2) is 0 Å². The number of nitrogens with one attached hydrogen (secondary N) is 1. The van der Waals surface area contributed by atoms with Crippen molar-refractivity contribution < 1.29 is 9.59 Å². The molecule has 0 bridgehead atoms. The van der Waals surface area contributed by atoms with E-state index in [1.807, 2.05) is 65.0 Å². The second-order valence-corrected chi connectivity index (χ2v) is 8.07. The zero-order valence-electron chi connectivity index (χ0n) is 16.3. The number of primary amides is 1. The van der Waals surface area contributed by atoms with Crippen molar-refractivity contribution in [3.63, 3.8) is 0 Å². The third kappa shape index (κ3) is 4.60. The van der Waals surface area contributed by atoms with Crippen molar-refractivity contribution in [1.82, 2.24) is 5.32 Å². The summed E-state index contributed by atoms with van der Waals surface area (Å²) in [6, 6.07) is 8.90. The normalized spacial score (nSPS) is 16.8. The van der Waals surface area contributed by atoms with Gasteiger partial charge in [-0.15, -0.1) is 0 Å². The maximum atomic E-state index is 12.3. The molecular formula is C20H33N3O2. The molecule has 0 aromatic heterocycles. The lowest BCUT2D eigenvalue weighted by molar-refractivity contribution is -0.138. The zero-order chi connectivity index (χ0) is 19.4. The summed E-state index contributed by atoms with van der Waals surface area (Å²) in [5.74, 6) is -0.464. The molecular weight excluding hydrogens is 314 g/mol. The number of nitrogens with two attached hydrogens (primary N) is 2. The largest absolute Gasteiger partial charge is 0.369 e. The number of benzene rings is 1. The first-order chi connectivity index (χ1) is 11.4. The van der Waals surface area contributed by atoms with E-state index in [2.05, 4.69) is 5.32 Å². The minimum absolute atomic E-state index is 0.0700. The molecule has 1 rings (SSSR count). The Morgan fingerprint density at radius 3 is 2.00 bits per heavy atom. The van der Waals surface area contributed by atoms with Crippen LogP contribution in [0.3, 0.4) is 0 Å². The van der Waals surface area contributed by atoms with Crippen molar-refractivity contribution in [2.45, 2.75) is 60.0 Å². The van der Waals surface area contributed by atoms with E-state index < -0.39 is 16.9 Å². The highest BCUT2D eigenvalue weighted by atomic mass is 16.2. The molecule has 1 aromatic rings. The number of hydrogen-bond acceptors (Lipinski definition) is 3. The third-order valence-electron chi connectivity index (χ3n) is 5.72. The molecule has 0 saturated heterocycles. The second-order valence-electron chi connectivity index (χ2n) is 8.07. The number of amides is 2. The first-order valence-electron chi connectivity index (χ1n) is 8.84. The second kappa shape index (κ2) is 8.00. The topological polar surface area (TPSA) is 98.2 Å². The van der Waals surface area contributed by atoms with Gasteiger partial charge in [-0.3, -0.25) is 9.59 Å². The van der Waals surface area contributed by atoms with Crippen molar-refractivity contribution in [3.8, 4) is 0 Å². The number of carbonyl (C=O) groups excluding carboxylic acids is 2. The van der Waals surface area contributed by atoms with Gasteiger partial charge in [0, 0.05) is 0 Å². The molecule has 5 nitrogen and oxygen atoms in total. The minimum Gasteiger partial charge on any atom is -0.369 e. The summed E-state index contributed by atoms with van der Waals surface area (Å²) >= 11 is 0. The maximum absolute atomic E-state index is 12.3. The van der Waals surface area contributed by atoms with Crippen molar-refractivity contribution >= 4 is 11.8 Å². The highest BCUT2D eigenvalue weighted by Crippen LogP contribution is 2.49. The predicted molar refractivity (Wildman–Crippen MR) is 102 cm³/mol. The molecule has 0 aliphatic rings. The van der Waals surface area contributed by atoms with Gasteiger partial charge in [-0.05, 0) is 30.2 Å². The SMILES string of the molecule is CC(C)C(C)(C(N)=O)C(C)(C)C[C@H](NC(=O)[C@@H](C)N)c1ccccc1. The average molecular weight is 348 g/mol. The molecule has 0 radical (unpaired) electrons. The van der Waals surface area contributed by atoms with Gasteiger partial charge >= 0.3 is 0 Å². The van der Waals surface area contributed by atoms with Crippen LogP contribution in [0, 0.1) is 16.7 Å². The van der Waals surface area contributed by atoms with Crippen LogP contribution >= 0.6 is 0 Å². The van der Waals surface area contributed by atoms with Crippen LogP contribution in [0.1, 0.15) is 59.6 Å². The molecule has 1 unspecified atom stereocenters. The molecule has 140 valence electrons. The van der Waals surface area contributed by atoms with Crippen LogP contribution in [-0.4, -0.2) is 17.9 Å². The molecule has 5 heteroatoms. The van der Waals surface area contributed by atoms with Gasteiger partial charge in [0.25, 0.3) is 0 Å². The quantitative estimate of drug-likeness (QED) is 0.674. The van der Waals surface area contributed by atoms with Crippen molar-refractivity contribution in [2.24, 2.45) is 28.2 Å². The van der Waals surface area contributed by atoms with E-state index in [1.54, 1.807) is 6.92 Å². The Morgan fingerprint density at radius 2 is 1.60 bits per heavy atom. The van der Waals surface area contributed by atoms with Crippen LogP contribution in [-0.2, 0) is 9.59 Å². The van der Waals surface area contributed by atoms with Gasteiger partial charge in [0.2, 0.25) is 11.8 Å². The summed E-state index contributed by atoms with van der Waals surface area (Å²) in [6.07, 6.45) is 0.576. The average Bonchev–Trinajstić information content (AvgIpc) is 2.53. The summed E-state index contributed by atoms with van der Waals surface area (Å²) in [7, 11) is 0. The van der Waals surface area contributed by atoms with Crippen LogP contribution in [0.5, 0.6) is 0 Å². The Labute approximate surface area is 151 Å². The number of rotatable bonds is 8. The van der Waals surface area contributed by atoms with Crippen molar-refractivity contribution in [1.29, 1.82) is 0 Å². The van der Waals surface area contributed by atoms with Crippen LogP contribution in [0.25, 0.3) is 0 Å². The summed E-state index contributed by atoms with van der Waals surface area (Å²) < 4.78 is 0. The lowest BCUT2D eigenvalue weighted by atomic mass is 9.58. The molecule has 5 N–H and O–H groups in total. The maximum Gasteiger partial charge on any atom is 0.237 e. The summed E-state index contributed by atoms with van der Waals surface area (Å²) in [4.78, 5) is 24.5. The minimum atomic E-state index is -0.709. The van der Waals surface area contributed by atoms with Gasteiger partial charge < -0.3 is 16.8 Å². The van der Waals surface area contributed by atoms with Crippen LogP contribution in [0.4, 0.5) is 0 Å². The standard InChI is InChI=1S/C20H33N3O2/c1-13(2)20(6,18(22)25)19(4,5)12-16(23-17(24)14(3)21)15-10-8-7-9-11-15/h7-11,13-14,16H,12,21H2,1-6H3,(H2,22,25)(H,23,24)/t14-,16+,20?/m1/s1. The molecule has 25 heavy (non-hydrogen) atoms. The molecule has 2 amide bonds. The molecule has 0 heterocycles. The lowest BCUT2D eigenvalue weighted by Gasteiger charge is -2.46. The fourth-order valence-electron chi connectivity index (χ4n) is 3.36. The van der Waals surface area contributed by atoms with Crippen molar-refractivity contribution in [3.05, 3.63) is 35.9 Å². The first-order valence-corrected chi connectivity index (χ1v) is 8.84. The van der Waals surface area contributed by atoms with E-state index in [4.69, 9.17) is 11.5 Å². The molecule has 0 saturated carbocycles. The summed E-state index contributed by atoms with van der Waals surface area (Å²) in [5.41, 5.74) is 11.3. The third-order valence-corrected chi connectivity index (χ3v) is 5.72. The lowest BCUT2D eigenvalue weighted by Crippen LogP contribution is -2.51. The van der Waals surface area contributed by atoms with E-state index >= 15 is 0 Å². The molecule has 1 aromatic carbocycles. The Kier molecular flexibility index (Phi) is 6.77. The van der Waals surface area contributed by atoms with Gasteiger partial charge in [-0.2, -0.15) is 0 Å². The molecule has 0 aliphatic carbocycles. The fourth-order valence-corrected chi connectivity index (χ4v) is 3.36. The van der Waals surface area contributed by atoms with Gasteiger partial charge in [0.05, 0.1) is 17.5 Å². The first kappa shape index (κ1) is 21.2. The van der Waals surface area contributed by atoms with E-state index in [9.17, 15) is 9.59 Å². The van der Waals surface area contributed by atoms with E-state index in [-0.39, 0.29) is 23.8 Å². The van der Waals surface area contributed by atoms with E-state index in [0.717, 1.165) is 5.56 Å². The Balaban J connectivity index is 3.23. The fraction of sp³-hybridized carbons (Fsp3) is 0.600. The highest BCUT2D eigenvalue weighted by Gasteiger charge is 2.49. The smallest absolute Gasteiger partial charge is 0.237 e. The Bertz CT molecular complexity index is 596. The van der Waals surface area contributed by atoms with Crippen LogP contribution in [0.2, 0.25) is 0 Å². The molecule has 0 spiro atoms. The molecule has 3 atom stereocenters. The van der Waals surface area contributed by atoms with Crippen LogP contribution in [0.15, 0.2) is 30.3 Å². The van der Waals surface area contributed by atoms with Crippen LogP contribution < -0.4 is 16.8 Å². The zero-order valence-corrected chi connectivity index (χ0v) is 16.3. The predicted octanol–water partition coefficient (Wildman–Crippen LogP) is 2.76. The molecule has 0 aliphatic heterocycles. The Hall–Kier alpha value is -1.88. The number of hydrogen-bond donors (Lipinski definition) is 3. The van der Waals surface area contributed by atoms with Gasteiger partial charge in [0.1, 0.15) is 0 Å². The monoisotopic (exact) mass is 347 g/mol. The Morgan fingerprint density at radius 1 is 1.08 bits per heavy atom. The molecule has 0 fully saturated rings. The van der Waals surface area contributed by atoms with Crippen molar-refractivity contribution in [2.75, 3.05) is 0 Å². The van der Waals surface area contributed by atoms with E-state index in [0.29, 0.717) is 6.42 Å². The van der Waals surface area contributed by atoms with Gasteiger partial charge in [-0.1, -0.05) is 65.0 Å². The summed E-state index contributed by atoms with van der Waals surface area (Å²) in [6.45, 7) is 11.6. The van der Waals surface area contributed by atoms with Gasteiger partial charge in [-0.25, -0.2) is 0 Å². The van der Waals surface area contributed by atoms with E-state index in [1.165, 1.54) is 0 Å².